The first-order chi connectivity index (χ1) is 15.1. The number of nitrogens with zero attached hydrogens (tertiary/aromatic N) is 3. The van der Waals surface area contributed by atoms with Crippen LogP contribution >= 0.6 is 9.24 Å². The summed E-state index contributed by atoms with van der Waals surface area (Å²) in [6.07, 6.45) is 2.12. The Hall–Kier alpha value is -2.86. The molecule has 2 heterocycles. The first-order valence-corrected chi connectivity index (χ1v) is 11.0. The van der Waals surface area contributed by atoms with Gasteiger partial charge in [-0.05, 0) is 35.1 Å². The summed E-state index contributed by atoms with van der Waals surface area (Å²) in [4.78, 5) is 33.4. The third kappa shape index (κ3) is 4.59. The Balaban J connectivity index is 1.42. The second kappa shape index (κ2) is 9.52. The molecule has 1 fully saturated rings. The second-order valence-electron chi connectivity index (χ2n) is 7.55. The van der Waals surface area contributed by atoms with E-state index < -0.39 is 5.91 Å². The molecule has 2 atom stereocenters. The molecule has 1 amide bonds. The summed E-state index contributed by atoms with van der Waals surface area (Å²) in [6.45, 7) is 2.98. The largest absolute Gasteiger partial charge is 0.354 e. The van der Waals surface area contributed by atoms with E-state index in [1.54, 1.807) is 17.6 Å². The van der Waals surface area contributed by atoms with E-state index in [1.165, 1.54) is 6.20 Å². The number of carbonyl (C=O) groups excluding carboxylic acids is 2. The van der Waals surface area contributed by atoms with Gasteiger partial charge >= 0.3 is 0 Å². The lowest BCUT2D eigenvalue weighted by molar-refractivity contribution is 0.0706. The van der Waals surface area contributed by atoms with E-state index in [0.29, 0.717) is 11.7 Å². The van der Waals surface area contributed by atoms with Crippen LogP contribution in [-0.4, -0.2) is 65.2 Å². The van der Waals surface area contributed by atoms with Crippen LogP contribution in [0.25, 0.3) is 10.8 Å². The lowest BCUT2D eigenvalue weighted by Crippen LogP contribution is -2.53. The third-order valence-electron chi connectivity index (χ3n) is 5.75. The Bertz CT molecular complexity index is 1080. The highest BCUT2D eigenvalue weighted by Gasteiger charge is 2.29. The van der Waals surface area contributed by atoms with Crippen molar-refractivity contribution >= 4 is 37.5 Å². The predicted molar refractivity (Wildman–Crippen MR) is 124 cm³/mol. The molecule has 2 aromatic carbocycles. The molecule has 1 aromatic heterocycles. The Morgan fingerprint density at radius 1 is 1.00 bits per heavy atom. The van der Waals surface area contributed by atoms with Crippen LogP contribution in [0, 0.1) is 0 Å². The van der Waals surface area contributed by atoms with Crippen molar-refractivity contribution in [3.63, 3.8) is 0 Å². The lowest BCUT2D eigenvalue weighted by atomic mass is 10.00. The van der Waals surface area contributed by atoms with Crippen molar-refractivity contribution in [2.24, 2.45) is 0 Å². The number of benzene rings is 2. The fourth-order valence-corrected chi connectivity index (χ4v) is 4.50. The lowest BCUT2D eigenvalue weighted by Gasteiger charge is -2.39. The summed E-state index contributed by atoms with van der Waals surface area (Å²) < 4.78 is 0. The normalized spacial score (nSPS) is 15.6. The maximum absolute atomic E-state index is 13.3. The molecule has 0 saturated carbocycles. The van der Waals surface area contributed by atoms with Gasteiger partial charge in [0.05, 0.1) is 11.6 Å². The number of pyridine rings is 1. The van der Waals surface area contributed by atoms with Gasteiger partial charge in [-0.25, -0.2) is 10.5 Å². The van der Waals surface area contributed by atoms with E-state index in [0.717, 1.165) is 48.3 Å². The SMILES string of the molecule is O=C(NO)c1ccc(N2CCN(C(CP)C(=O)c3ccc4ccccc4c3)CC2)nc1. The zero-order valence-corrected chi connectivity index (χ0v) is 18.2. The number of Topliss-reactive ketones (excluding diaryl/α,β-unsaturated/α-hetero) is 1. The summed E-state index contributed by atoms with van der Waals surface area (Å²) in [6, 6.07) is 17.2. The summed E-state index contributed by atoms with van der Waals surface area (Å²) in [5.74, 6) is 0.337. The quantitative estimate of drug-likeness (QED) is 0.267. The van der Waals surface area contributed by atoms with Crippen LogP contribution in [0.3, 0.4) is 0 Å². The van der Waals surface area contributed by atoms with Crippen molar-refractivity contribution in [2.45, 2.75) is 6.04 Å². The van der Waals surface area contributed by atoms with E-state index in [4.69, 9.17) is 5.21 Å². The zero-order chi connectivity index (χ0) is 21.8. The molecular weight excluding hydrogens is 411 g/mol. The standard InChI is InChI=1S/C23H25N4O3P/c28-22(18-6-5-16-3-1-2-4-17(16)13-18)20(15-31)26-9-11-27(12-10-26)21-8-7-19(14-24-21)23(29)25-30/h1-8,13-14,20,30H,9-12,15,31H2,(H,25,29). The molecule has 3 aromatic rings. The molecule has 0 radical (unpaired) electrons. The molecule has 7 nitrogen and oxygen atoms in total. The van der Waals surface area contributed by atoms with Crippen LogP contribution in [-0.2, 0) is 0 Å². The molecule has 1 aliphatic rings. The van der Waals surface area contributed by atoms with Gasteiger partial charge in [0.2, 0.25) is 0 Å². The van der Waals surface area contributed by atoms with Crippen molar-refractivity contribution in [1.29, 1.82) is 0 Å². The smallest absolute Gasteiger partial charge is 0.276 e. The first kappa shape index (κ1) is 21.4. The van der Waals surface area contributed by atoms with Crippen LogP contribution in [0.15, 0.2) is 60.8 Å². The van der Waals surface area contributed by atoms with Crippen molar-refractivity contribution in [1.82, 2.24) is 15.4 Å². The van der Waals surface area contributed by atoms with Gasteiger partial charge < -0.3 is 4.90 Å². The minimum absolute atomic E-state index is 0.145. The Labute approximate surface area is 183 Å². The van der Waals surface area contributed by atoms with Gasteiger partial charge in [0.15, 0.2) is 5.78 Å². The molecule has 0 spiro atoms. The number of hydroxylamine groups is 1. The number of hydrogen-bond acceptors (Lipinski definition) is 6. The van der Waals surface area contributed by atoms with E-state index >= 15 is 0 Å². The molecule has 0 aliphatic carbocycles. The fourth-order valence-electron chi connectivity index (χ4n) is 3.99. The van der Waals surface area contributed by atoms with Crippen LogP contribution in [0.4, 0.5) is 5.82 Å². The maximum Gasteiger partial charge on any atom is 0.276 e. The summed E-state index contributed by atoms with van der Waals surface area (Å²) >= 11 is 0. The third-order valence-corrected chi connectivity index (χ3v) is 6.20. The van der Waals surface area contributed by atoms with Gasteiger partial charge in [-0.3, -0.25) is 19.7 Å². The number of rotatable bonds is 6. The number of hydrogen-bond donors (Lipinski definition) is 2. The first-order valence-electron chi connectivity index (χ1n) is 10.2. The van der Waals surface area contributed by atoms with E-state index in [1.807, 2.05) is 42.5 Å². The van der Waals surface area contributed by atoms with Crippen LogP contribution in [0.1, 0.15) is 20.7 Å². The zero-order valence-electron chi connectivity index (χ0n) is 17.1. The monoisotopic (exact) mass is 436 g/mol. The van der Waals surface area contributed by atoms with Crippen LogP contribution in [0.2, 0.25) is 0 Å². The molecule has 4 rings (SSSR count). The van der Waals surface area contributed by atoms with Gasteiger partial charge in [0, 0.05) is 37.9 Å². The topological polar surface area (TPSA) is 85.8 Å². The van der Waals surface area contributed by atoms with Gasteiger partial charge in [0.1, 0.15) is 5.82 Å². The van der Waals surface area contributed by atoms with Crippen LogP contribution < -0.4 is 10.4 Å². The van der Waals surface area contributed by atoms with E-state index in [-0.39, 0.29) is 11.8 Å². The molecule has 31 heavy (non-hydrogen) atoms. The second-order valence-corrected chi connectivity index (χ2v) is 8.02. The Kier molecular flexibility index (Phi) is 6.56. The average Bonchev–Trinajstić information content (AvgIpc) is 2.84. The summed E-state index contributed by atoms with van der Waals surface area (Å²) in [5, 5.41) is 10.9. The van der Waals surface area contributed by atoms with E-state index in [9.17, 15) is 9.59 Å². The number of anilines is 1. The predicted octanol–water partition coefficient (Wildman–Crippen LogP) is 2.60. The number of ketones is 1. The Morgan fingerprint density at radius 2 is 1.71 bits per heavy atom. The minimum Gasteiger partial charge on any atom is -0.354 e. The van der Waals surface area contributed by atoms with Crippen molar-refractivity contribution in [2.75, 3.05) is 37.2 Å². The number of amides is 1. The Morgan fingerprint density at radius 3 is 2.35 bits per heavy atom. The highest BCUT2D eigenvalue weighted by Crippen LogP contribution is 2.21. The van der Waals surface area contributed by atoms with Crippen LogP contribution in [0.5, 0.6) is 0 Å². The number of fused-ring (bicyclic) bond motifs is 1. The van der Waals surface area contributed by atoms with Gasteiger partial charge in [-0.1, -0.05) is 36.4 Å². The number of piperazine rings is 1. The molecule has 160 valence electrons. The number of aromatic nitrogens is 1. The summed E-state index contributed by atoms with van der Waals surface area (Å²) in [5.41, 5.74) is 2.65. The maximum atomic E-state index is 13.3. The molecule has 0 bridgehead atoms. The minimum atomic E-state index is -0.584. The van der Waals surface area contributed by atoms with Crippen molar-refractivity contribution < 1.29 is 14.8 Å². The summed E-state index contributed by atoms with van der Waals surface area (Å²) in [7, 11) is 2.72. The number of nitrogens with one attached hydrogen (secondary N) is 1. The van der Waals surface area contributed by atoms with Crippen molar-refractivity contribution in [3.05, 3.63) is 71.9 Å². The molecule has 8 heteroatoms. The van der Waals surface area contributed by atoms with E-state index in [2.05, 4.69) is 24.0 Å². The molecule has 2 N–H and O–H groups in total. The molecule has 2 unspecified atom stereocenters. The number of carbonyl (C=O) groups is 2. The molecule has 1 saturated heterocycles. The van der Waals surface area contributed by atoms with Gasteiger partial charge in [-0.15, -0.1) is 9.24 Å². The molecule has 1 aliphatic heterocycles. The fraction of sp³-hybridized carbons (Fsp3) is 0.261. The van der Waals surface area contributed by atoms with Gasteiger partial charge in [0.25, 0.3) is 5.91 Å². The average molecular weight is 436 g/mol. The molecular formula is C23H25N4O3P. The van der Waals surface area contributed by atoms with Crippen molar-refractivity contribution in [3.8, 4) is 0 Å². The highest BCUT2D eigenvalue weighted by atomic mass is 31.0. The highest BCUT2D eigenvalue weighted by molar-refractivity contribution is 7.16. The van der Waals surface area contributed by atoms with Gasteiger partial charge in [-0.2, -0.15) is 0 Å².